The van der Waals surface area contributed by atoms with Crippen LogP contribution in [0.5, 0.6) is 0 Å². The maximum absolute atomic E-state index is 13.9. The number of nitrogens with one attached hydrogen (secondary N) is 1. The SMILES string of the molecule is CC1(C)CC(Nc2cc(C(N)=O)c(N)cc2F)CCO1. The van der Waals surface area contributed by atoms with Gasteiger partial charge in [0, 0.05) is 18.3 Å². The Kier molecular flexibility index (Phi) is 3.85. The van der Waals surface area contributed by atoms with Crippen LogP contribution in [0, 0.1) is 5.82 Å². The van der Waals surface area contributed by atoms with Crippen molar-refractivity contribution in [2.45, 2.75) is 38.3 Å². The lowest BCUT2D eigenvalue weighted by Gasteiger charge is -2.36. The van der Waals surface area contributed by atoms with E-state index in [2.05, 4.69) is 5.32 Å². The summed E-state index contributed by atoms with van der Waals surface area (Å²) in [5.74, 6) is -1.16. The van der Waals surface area contributed by atoms with Gasteiger partial charge in [-0.15, -0.1) is 0 Å². The molecule has 1 heterocycles. The van der Waals surface area contributed by atoms with Gasteiger partial charge in [0.1, 0.15) is 5.82 Å². The quantitative estimate of drug-likeness (QED) is 0.738. The first kappa shape index (κ1) is 14.6. The monoisotopic (exact) mass is 281 g/mol. The Morgan fingerprint density at radius 1 is 1.50 bits per heavy atom. The Hall–Kier alpha value is -1.82. The van der Waals surface area contributed by atoms with Crippen LogP contribution < -0.4 is 16.8 Å². The molecule has 6 heteroatoms. The molecule has 1 fully saturated rings. The average Bonchev–Trinajstić information content (AvgIpc) is 2.31. The molecule has 110 valence electrons. The van der Waals surface area contributed by atoms with Crippen LogP contribution >= 0.6 is 0 Å². The minimum atomic E-state index is -0.669. The highest BCUT2D eigenvalue weighted by Gasteiger charge is 2.29. The molecule has 5 nitrogen and oxygen atoms in total. The van der Waals surface area contributed by atoms with Crippen LogP contribution in [0.2, 0.25) is 0 Å². The van der Waals surface area contributed by atoms with Crippen molar-refractivity contribution in [1.82, 2.24) is 0 Å². The third-order valence-corrected chi connectivity index (χ3v) is 3.46. The third kappa shape index (κ3) is 3.19. The first-order chi connectivity index (χ1) is 9.28. The van der Waals surface area contributed by atoms with E-state index >= 15 is 0 Å². The van der Waals surface area contributed by atoms with E-state index in [-0.39, 0.29) is 28.6 Å². The molecule has 0 radical (unpaired) electrons. The smallest absolute Gasteiger partial charge is 0.250 e. The van der Waals surface area contributed by atoms with Crippen LogP contribution in [0.1, 0.15) is 37.0 Å². The molecule has 1 unspecified atom stereocenters. The predicted molar refractivity (Wildman–Crippen MR) is 76.0 cm³/mol. The number of amides is 1. The molecule has 0 aromatic heterocycles. The molecule has 0 saturated carbocycles. The number of nitrogen functional groups attached to an aromatic ring is 1. The van der Waals surface area contributed by atoms with Gasteiger partial charge in [-0.3, -0.25) is 4.79 Å². The number of anilines is 2. The van der Waals surface area contributed by atoms with E-state index in [1.807, 2.05) is 13.8 Å². The van der Waals surface area contributed by atoms with Crippen LogP contribution in [0.25, 0.3) is 0 Å². The molecule has 20 heavy (non-hydrogen) atoms. The standard InChI is InChI=1S/C14H20FN3O2/c1-14(2)7-8(3-4-20-14)18-12-5-9(13(17)19)11(16)6-10(12)15/h5-6,8,18H,3-4,7,16H2,1-2H3,(H2,17,19). The zero-order valence-electron chi connectivity index (χ0n) is 11.7. The Balaban J connectivity index is 2.21. The normalized spacial score (nSPS) is 21.4. The summed E-state index contributed by atoms with van der Waals surface area (Å²) >= 11 is 0. The number of rotatable bonds is 3. The fraction of sp³-hybridized carbons (Fsp3) is 0.500. The Morgan fingerprint density at radius 3 is 2.80 bits per heavy atom. The summed E-state index contributed by atoms with van der Waals surface area (Å²) < 4.78 is 19.5. The second-order valence-corrected chi connectivity index (χ2v) is 5.73. The van der Waals surface area contributed by atoms with Gasteiger partial charge >= 0.3 is 0 Å². The second kappa shape index (κ2) is 5.28. The average molecular weight is 281 g/mol. The van der Waals surface area contributed by atoms with Crippen molar-refractivity contribution < 1.29 is 13.9 Å². The molecule has 1 saturated heterocycles. The predicted octanol–water partition coefficient (Wildman–Crippen LogP) is 1.88. The summed E-state index contributed by atoms with van der Waals surface area (Å²) in [5, 5.41) is 3.11. The molecule has 1 aromatic rings. The van der Waals surface area contributed by atoms with Crippen LogP contribution in [-0.2, 0) is 4.74 Å². The fourth-order valence-corrected chi connectivity index (χ4v) is 2.49. The van der Waals surface area contributed by atoms with Crippen LogP contribution in [-0.4, -0.2) is 24.2 Å². The van der Waals surface area contributed by atoms with Gasteiger partial charge in [-0.1, -0.05) is 0 Å². The maximum Gasteiger partial charge on any atom is 0.250 e. The summed E-state index contributed by atoms with van der Waals surface area (Å²) in [6.45, 7) is 4.61. The summed E-state index contributed by atoms with van der Waals surface area (Å²) in [6, 6.07) is 2.57. The molecule has 1 aliphatic heterocycles. The molecule has 1 aromatic carbocycles. The van der Waals surface area contributed by atoms with Crippen molar-refractivity contribution in [3.05, 3.63) is 23.5 Å². The second-order valence-electron chi connectivity index (χ2n) is 5.73. The molecule has 1 aliphatic rings. The Morgan fingerprint density at radius 2 is 2.20 bits per heavy atom. The lowest BCUT2D eigenvalue weighted by Crippen LogP contribution is -2.40. The number of nitrogens with two attached hydrogens (primary N) is 2. The first-order valence-electron chi connectivity index (χ1n) is 6.58. The summed E-state index contributed by atoms with van der Waals surface area (Å²) in [6.07, 6.45) is 1.53. The van der Waals surface area contributed by atoms with Crippen molar-refractivity contribution in [2.24, 2.45) is 5.73 Å². The zero-order chi connectivity index (χ0) is 14.9. The lowest BCUT2D eigenvalue weighted by molar-refractivity contribution is -0.0553. The number of carbonyl (C=O) groups excluding carboxylic acids is 1. The van der Waals surface area contributed by atoms with E-state index in [4.69, 9.17) is 16.2 Å². The van der Waals surface area contributed by atoms with Crippen molar-refractivity contribution >= 4 is 17.3 Å². The van der Waals surface area contributed by atoms with Crippen LogP contribution in [0.4, 0.5) is 15.8 Å². The molecular formula is C14H20FN3O2. The molecule has 1 atom stereocenters. The molecule has 0 bridgehead atoms. The van der Waals surface area contributed by atoms with Gasteiger partial charge in [0.15, 0.2) is 0 Å². The number of ether oxygens (including phenoxy) is 1. The molecule has 2 rings (SSSR count). The van der Waals surface area contributed by atoms with Gasteiger partial charge < -0.3 is 21.5 Å². The number of hydrogen-bond acceptors (Lipinski definition) is 4. The topological polar surface area (TPSA) is 90.4 Å². The van der Waals surface area contributed by atoms with Gasteiger partial charge in [0.05, 0.1) is 16.9 Å². The van der Waals surface area contributed by atoms with E-state index in [0.29, 0.717) is 6.61 Å². The Bertz CT molecular complexity index is 531. The molecule has 5 N–H and O–H groups in total. The molecular weight excluding hydrogens is 261 g/mol. The minimum absolute atomic E-state index is 0.0489. The zero-order valence-corrected chi connectivity index (χ0v) is 11.7. The van der Waals surface area contributed by atoms with Gasteiger partial charge in [-0.25, -0.2) is 4.39 Å². The third-order valence-electron chi connectivity index (χ3n) is 3.46. The Labute approximate surface area is 117 Å². The van der Waals surface area contributed by atoms with E-state index in [9.17, 15) is 9.18 Å². The maximum atomic E-state index is 13.9. The molecule has 1 amide bonds. The van der Waals surface area contributed by atoms with Gasteiger partial charge in [-0.2, -0.15) is 0 Å². The largest absolute Gasteiger partial charge is 0.398 e. The van der Waals surface area contributed by atoms with Crippen molar-refractivity contribution in [3.63, 3.8) is 0 Å². The molecule has 0 spiro atoms. The lowest BCUT2D eigenvalue weighted by atomic mass is 9.93. The number of halogens is 1. The highest BCUT2D eigenvalue weighted by Crippen LogP contribution is 2.28. The first-order valence-corrected chi connectivity index (χ1v) is 6.58. The molecule has 0 aliphatic carbocycles. The van der Waals surface area contributed by atoms with Crippen molar-refractivity contribution in [1.29, 1.82) is 0 Å². The van der Waals surface area contributed by atoms with Crippen LogP contribution in [0.15, 0.2) is 12.1 Å². The van der Waals surface area contributed by atoms with Gasteiger partial charge in [0.25, 0.3) is 5.91 Å². The number of primary amides is 1. The van der Waals surface area contributed by atoms with Crippen molar-refractivity contribution in [3.8, 4) is 0 Å². The van der Waals surface area contributed by atoms with Crippen molar-refractivity contribution in [2.75, 3.05) is 17.7 Å². The van der Waals surface area contributed by atoms with E-state index in [1.165, 1.54) is 6.07 Å². The fourth-order valence-electron chi connectivity index (χ4n) is 2.49. The number of benzene rings is 1. The highest BCUT2D eigenvalue weighted by atomic mass is 19.1. The van der Waals surface area contributed by atoms with E-state index in [0.717, 1.165) is 18.9 Å². The van der Waals surface area contributed by atoms with Crippen LogP contribution in [0.3, 0.4) is 0 Å². The summed E-state index contributed by atoms with van der Waals surface area (Å²) in [5.41, 5.74) is 11.0. The van der Waals surface area contributed by atoms with Gasteiger partial charge in [-0.05, 0) is 38.8 Å². The minimum Gasteiger partial charge on any atom is -0.398 e. The van der Waals surface area contributed by atoms with E-state index in [1.54, 1.807) is 0 Å². The number of carbonyl (C=O) groups is 1. The summed E-state index contributed by atoms with van der Waals surface area (Å²) in [4.78, 5) is 11.3. The number of hydrogen-bond donors (Lipinski definition) is 3. The van der Waals surface area contributed by atoms with E-state index < -0.39 is 11.7 Å². The van der Waals surface area contributed by atoms with Gasteiger partial charge in [0.2, 0.25) is 0 Å². The highest BCUT2D eigenvalue weighted by molar-refractivity contribution is 5.99. The summed E-state index contributed by atoms with van der Waals surface area (Å²) in [7, 11) is 0.